The van der Waals surface area contributed by atoms with Gasteiger partial charge in [0, 0.05) is 41.9 Å². The molecule has 0 saturated carbocycles. The van der Waals surface area contributed by atoms with E-state index in [4.69, 9.17) is 4.42 Å². The van der Waals surface area contributed by atoms with Crippen LogP contribution in [-0.2, 0) is 13.6 Å². The van der Waals surface area contributed by atoms with Crippen molar-refractivity contribution in [2.45, 2.75) is 27.3 Å². The van der Waals surface area contributed by atoms with Crippen molar-refractivity contribution in [3.63, 3.8) is 0 Å². The summed E-state index contributed by atoms with van der Waals surface area (Å²) < 4.78 is 10.1. The average molecular weight is 397 g/mol. The summed E-state index contributed by atoms with van der Waals surface area (Å²) in [6.45, 7) is 7.13. The van der Waals surface area contributed by atoms with E-state index >= 15 is 0 Å². The predicted octanol–water partition coefficient (Wildman–Crippen LogP) is 5.07. The first kappa shape index (κ1) is 18.4. The third-order valence-electron chi connectivity index (χ3n) is 5.74. The van der Waals surface area contributed by atoms with Crippen molar-refractivity contribution in [3.8, 4) is 22.9 Å². The highest BCUT2D eigenvalue weighted by molar-refractivity contribution is 5.89. The van der Waals surface area contributed by atoms with Crippen molar-refractivity contribution in [3.05, 3.63) is 77.2 Å². The van der Waals surface area contributed by atoms with Crippen LogP contribution in [0.2, 0.25) is 0 Å². The van der Waals surface area contributed by atoms with Gasteiger partial charge in [0.25, 0.3) is 5.89 Å². The van der Waals surface area contributed by atoms with E-state index in [2.05, 4.69) is 76.2 Å². The molecule has 150 valence electrons. The van der Waals surface area contributed by atoms with Gasteiger partial charge in [0.05, 0.1) is 11.3 Å². The molecular weight excluding hydrogens is 374 g/mol. The summed E-state index contributed by atoms with van der Waals surface area (Å²) in [5, 5.41) is 14.1. The Hall–Kier alpha value is -3.67. The molecule has 0 N–H and O–H groups in total. The molecule has 0 aliphatic rings. The molecule has 5 aromatic rings. The first-order chi connectivity index (χ1) is 14.5. The van der Waals surface area contributed by atoms with E-state index in [-0.39, 0.29) is 0 Å². The Morgan fingerprint density at radius 2 is 1.70 bits per heavy atom. The van der Waals surface area contributed by atoms with Crippen LogP contribution in [0.5, 0.6) is 0 Å². The van der Waals surface area contributed by atoms with Gasteiger partial charge in [-0.3, -0.25) is 4.68 Å². The third-order valence-corrected chi connectivity index (χ3v) is 5.74. The van der Waals surface area contributed by atoms with Gasteiger partial charge in [0.1, 0.15) is 0 Å². The van der Waals surface area contributed by atoms with Crippen LogP contribution in [-0.4, -0.2) is 24.5 Å². The van der Waals surface area contributed by atoms with Crippen LogP contribution in [0.25, 0.3) is 33.8 Å². The second kappa shape index (κ2) is 6.99. The molecule has 3 heterocycles. The highest BCUT2D eigenvalue weighted by atomic mass is 16.4. The Labute approximate surface area is 174 Å². The fourth-order valence-corrected chi connectivity index (χ4v) is 4.01. The van der Waals surface area contributed by atoms with Gasteiger partial charge >= 0.3 is 0 Å². The number of aromatic nitrogens is 5. The topological polar surface area (TPSA) is 61.7 Å². The van der Waals surface area contributed by atoms with Gasteiger partial charge < -0.3 is 8.98 Å². The highest BCUT2D eigenvalue weighted by Gasteiger charge is 2.17. The molecule has 2 aromatic carbocycles. The second-order valence-electron chi connectivity index (χ2n) is 7.73. The zero-order valence-corrected chi connectivity index (χ0v) is 17.5. The fraction of sp³-hybridized carbons (Fsp3) is 0.208. The number of rotatable bonds is 4. The molecule has 0 aliphatic carbocycles. The monoisotopic (exact) mass is 397 g/mol. The number of hydrogen-bond donors (Lipinski definition) is 0. The zero-order valence-electron chi connectivity index (χ0n) is 17.5. The van der Waals surface area contributed by atoms with Crippen LogP contribution in [0.4, 0.5) is 0 Å². The molecule has 0 fully saturated rings. The van der Waals surface area contributed by atoms with Gasteiger partial charge in [-0.15, -0.1) is 10.2 Å². The standard InChI is InChI=1S/C24H23N5O/c1-15-17(3)29(13-18-8-6-5-7-9-18)22-11-10-19(12-20(15)22)23-25-26-24(30-23)21-14-28(4)27-16(21)2/h5-12,14H,13H2,1-4H3. The van der Waals surface area contributed by atoms with E-state index in [0.29, 0.717) is 11.8 Å². The van der Waals surface area contributed by atoms with E-state index in [9.17, 15) is 0 Å². The van der Waals surface area contributed by atoms with Crippen molar-refractivity contribution >= 4 is 10.9 Å². The van der Waals surface area contributed by atoms with Crippen LogP contribution in [0.1, 0.15) is 22.5 Å². The summed E-state index contributed by atoms with van der Waals surface area (Å²) in [5.74, 6) is 1.01. The summed E-state index contributed by atoms with van der Waals surface area (Å²) >= 11 is 0. The molecule has 0 atom stereocenters. The molecule has 5 rings (SSSR count). The molecule has 6 heteroatoms. The first-order valence-corrected chi connectivity index (χ1v) is 9.99. The summed E-state index contributed by atoms with van der Waals surface area (Å²) in [5.41, 5.74) is 7.68. The average Bonchev–Trinajstić information content (AvgIpc) is 3.42. The maximum atomic E-state index is 5.99. The lowest BCUT2D eigenvalue weighted by Crippen LogP contribution is -2.01. The third kappa shape index (κ3) is 3.01. The quantitative estimate of drug-likeness (QED) is 0.425. The van der Waals surface area contributed by atoms with Crippen LogP contribution in [0.15, 0.2) is 59.1 Å². The molecular formula is C24H23N5O. The van der Waals surface area contributed by atoms with Gasteiger partial charge in [0.2, 0.25) is 5.89 Å². The number of fused-ring (bicyclic) bond motifs is 1. The molecule has 0 spiro atoms. The Morgan fingerprint density at radius 3 is 2.43 bits per heavy atom. The van der Waals surface area contributed by atoms with Crippen molar-refractivity contribution in [1.82, 2.24) is 24.5 Å². The van der Waals surface area contributed by atoms with Crippen LogP contribution >= 0.6 is 0 Å². The van der Waals surface area contributed by atoms with Crippen LogP contribution in [0.3, 0.4) is 0 Å². The van der Waals surface area contributed by atoms with Gasteiger partial charge in [-0.05, 0) is 50.1 Å². The van der Waals surface area contributed by atoms with Gasteiger partial charge in [-0.2, -0.15) is 5.10 Å². The number of aryl methyl sites for hydroxylation is 3. The summed E-state index contributed by atoms with van der Waals surface area (Å²) in [6, 6.07) is 16.9. The Bertz CT molecular complexity index is 1360. The van der Waals surface area contributed by atoms with Crippen molar-refractivity contribution < 1.29 is 4.42 Å². The summed E-state index contributed by atoms with van der Waals surface area (Å²) in [6.07, 6.45) is 1.90. The van der Waals surface area contributed by atoms with Crippen LogP contribution in [0, 0.1) is 20.8 Å². The van der Waals surface area contributed by atoms with E-state index < -0.39 is 0 Å². The minimum atomic E-state index is 0.491. The summed E-state index contributed by atoms with van der Waals surface area (Å²) in [4.78, 5) is 0. The zero-order chi connectivity index (χ0) is 20.8. The Morgan fingerprint density at radius 1 is 0.933 bits per heavy atom. The second-order valence-corrected chi connectivity index (χ2v) is 7.73. The number of nitrogens with zero attached hydrogens (tertiary/aromatic N) is 5. The van der Waals surface area contributed by atoms with E-state index in [1.54, 1.807) is 4.68 Å². The number of hydrogen-bond acceptors (Lipinski definition) is 4. The van der Waals surface area contributed by atoms with Crippen LogP contribution < -0.4 is 0 Å². The van der Waals surface area contributed by atoms with Crippen molar-refractivity contribution in [2.24, 2.45) is 7.05 Å². The minimum Gasteiger partial charge on any atom is -0.416 e. The summed E-state index contributed by atoms with van der Waals surface area (Å²) in [7, 11) is 1.88. The molecule has 3 aromatic heterocycles. The largest absolute Gasteiger partial charge is 0.416 e. The first-order valence-electron chi connectivity index (χ1n) is 9.99. The van der Waals surface area contributed by atoms with Gasteiger partial charge in [-0.25, -0.2) is 0 Å². The van der Waals surface area contributed by atoms with Crippen molar-refractivity contribution in [1.29, 1.82) is 0 Å². The molecule has 6 nitrogen and oxygen atoms in total. The smallest absolute Gasteiger partial charge is 0.251 e. The molecule has 0 aliphatic heterocycles. The van der Waals surface area contributed by atoms with Crippen molar-refractivity contribution in [2.75, 3.05) is 0 Å². The van der Waals surface area contributed by atoms with E-state index in [0.717, 1.165) is 23.4 Å². The maximum Gasteiger partial charge on any atom is 0.251 e. The molecule has 0 unspecified atom stereocenters. The maximum absolute atomic E-state index is 5.99. The molecule has 0 bridgehead atoms. The SMILES string of the molecule is Cc1nn(C)cc1-c1nnc(-c2ccc3c(c2)c(C)c(C)n3Cc2ccccc2)o1. The lowest BCUT2D eigenvalue weighted by atomic mass is 10.1. The van der Waals surface area contributed by atoms with E-state index in [1.807, 2.05) is 26.2 Å². The Kier molecular flexibility index (Phi) is 4.28. The molecule has 30 heavy (non-hydrogen) atoms. The minimum absolute atomic E-state index is 0.491. The Balaban J connectivity index is 1.55. The molecule has 0 amide bonds. The highest BCUT2D eigenvalue weighted by Crippen LogP contribution is 2.31. The fourth-order valence-electron chi connectivity index (χ4n) is 4.01. The normalized spacial score (nSPS) is 11.5. The van der Waals surface area contributed by atoms with E-state index in [1.165, 1.54) is 27.7 Å². The molecule has 0 radical (unpaired) electrons. The number of benzene rings is 2. The molecule has 0 saturated heterocycles. The van der Waals surface area contributed by atoms with Gasteiger partial charge in [-0.1, -0.05) is 30.3 Å². The lowest BCUT2D eigenvalue weighted by Gasteiger charge is -2.09. The lowest BCUT2D eigenvalue weighted by molar-refractivity contribution is 0.584. The van der Waals surface area contributed by atoms with Gasteiger partial charge in [0.15, 0.2) is 0 Å². The predicted molar refractivity (Wildman–Crippen MR) is 117 cm³/mol.